The van der Waals surface area contributed by atoms with E-state index in [0.29, 0.717) is 23.3 Å². The van der Waals surface area contributed by atoms with Crippen LogP contribution in [0, 0.1) is 5.82 Å². The normalized spacial score (nSPS) is 13.9. The van der Waals surface area contributed by atoms with E-state index in [-0.39, 0.29) is 29.7 Å². The molecule has 1 amide bonds. The van der Waals surface area contributed by atoms with Crippen molar-refractivity contribution in [3.05, 3.63) is 63.8 Å². The van der Waals surface area contributed by atoms with Crippen molar-refractivity contribution in [3.8, 4) is 0 Å². The van der Waals surface area contributed by atoms with Crippen molar-refractivity contribution in [2.45, 2.75) is 38.4 Å². The molecule has 0 saturated heterocycles. The van der Waals surface area contributed by atoms with Crippen molar-refractivity contribution < 1.29 is 9.18 Å². The summed E-state index contributed by atoms with van der Waals surface area (Å²) in [5.74, 6) is -0.318. The lowest BCUT2D eigenvalue weighted by Crippen LogP contribution is -2.34. The number of amides is 1. The lowest BCUT2D eigenvalue weighted by atomic mass is 10.2. The van der Waals surface area contributed by atoms with Gasteiger partial charge in [-0.15, -0.1) is 11.3 Å². The second kappa shape index (κ2) is 6.99. The van der Waals surface area contributed by atoms with Crippen LogP contribution in [0.4, 0.5) is 4.39 Å². The molecule has 1 fully saturated rings. The maximum Gasteiger partial charge on any atom is 0.262 e. The second-order valence-electron chi connectivity index (χ2n) is 6.52. The molecular weight excluding hydrogens is 353 g/mol. The van der Waals surface area contributed by atoms with E-state index in [9.17, 15) is 14.0 Å². The Morgan fingerprint density at radius 3 is 2.96 bits per heavy atom. The minimum atomic E-state index is -0.299. The molecule has 134 valence electrons. The molecule has 1 aromatic carbocycles. The predicted octanol–water partition coefficient (Wildman–Crippen LogP) is 3.18. The maximum absolute atomic E-state index is 13.4. The first kappa shape index (κ1) is 16.9. The molecule has 5 nitrogen and oxygen atoms in total. The Hall–Kier alpha value is -2.54. The Balaban J connectivity index is 1.46. The van der Waals surface area contributed by atoms with Gasteiger partial charge in [-0.3, -0.25) is 14.2 Å². The van der Waals surface area contributed by atoms with Gasteiger partial charge in [0.2, 0.25) is 5.91 Å². The largest absolute Gasteiger partial charge is 0.335 e. The summed E-state index contributed by atoms with van der Waals surface area (Å²) in [5.41, 5.74) is 0.663. The standard InChI is InChI=1S/C19H18FN3O2S/c20-14-3-1-2-13(10-14)11-23(15-4-5-15)17(24)6-8-22-12-21-18-16(19(22)25)7-9-26-18/h1-3,7,9-10,12,15H,4-6,8,11H2. The van der Waals surface area contributed by atoms with E-state index in [0.717, 1.165) is 18.4 Å². The highest BCUT2D eigenvalue weighted by molar-refractivity contribution is 7.16. The van der Waals surface area contributed by atoms with Gasteiger partial charge >= 0.3 is 0 Å². The summed E-state index contributed by atoms with van der Waals surface area (Å²) >= 11 is 1.42. The Bertz CT molecular complexity index is 1010. The van der Waals surface area contributed by atoms with Crippen LogP contribution in [0.2, 0.25) is 0 Å². The molecule has 2 aromatic heterocycles. The zero-order valence-electron chi connectivity index (χ0n) is 14.1. The molecule has 0 radical (unpaired) electrons. The average molecular weight is 371 g/mol. The third-order valence-electron chi connectivity index (χ3n) is 4.57. The Kier molecular flexibility index (Phi) is 4.55. The SMILES string of the molecule is O=C(CCn1cnc2sccc2c1=O)N(Cc1cccc(F)c1)C1CC1. The van der Waals surface area contributed by atoms with Gasteiger partial charge in [-0.05, 0) is 42.0 Å². The number of benzene rings is 1. The zero-order chi connectivity index (χ0) is 18.1. The van der Waals surface area contributed by atoms with Gasteiger partial charge < -0.3 is 4.90 Å². The summed E-state index contributed by atoms with van der Waals surface area (Å²) in [6.07, 6.45) is 3.68. The van der Waals surface area contributed by atoms with E-state index in [1.54, 1.807) is 17.0 Å². The molecule has 0 N–H and O–H groups in total. The number of rotatable bonds is 6. The molecule has 2 heterocycles. The summed E-state index contributed by atoms with van der Waals surface area (Å²) in [7, 11) is 0. The second-order valence-corrected chi connectivity index (χ2v) is 7.41. The average Bonchev–Trinajstić information content (AvgIpc) is 3.35. The third kappa shape index (κ3) is 3.53. The smallest absolute Gasteiger partial charge is 0.262 e. The summed E-state index contributed by atoms with van der Waals surface area (Å²) in [6.45, 7) is 0.695. The van der Waals surface area contributed by atoms with E-state index in [2.05, 4.69) is 4.98 Å². The molecule has 0 spiro atoms. The van der Waals surface area contributed by atoms with E-state index in [1.165, 1.54) is 34.4 Å². The van der Waals surface area contributed by atoms with Crippen LogP contribution < -0.4 is 5.56 Å². The highest BCUT2D eigenvalue weighted by atomic mass is 32.1. The lowest BCUT2D eigenvalue weighted by Gasteiger charge is -2.23. The highest BCUT2D eigenvalue weighted by Crippen LogP contribution is 2.29. The van der Waals surface area contributed by atoms with Gasteiger partial charge in [0.05, 0.1) is 11.7 Å². The predicted molar refractivity (Wildman–Crippen MR) is 98.5 cm³/mol. The fourth-order valence-electron chi connectivity index (χ4n) is 3.05. The first-order valence-corrected chi connectivity index (χ1v) is 9.46. The Labute approximate surface area is 153 Å². The number of halogens is 1. The van der Waals surface area contributed by atoms with Crippen LogP contribution in [0.25, 0.3) is 10.2 Å². The van der Waals surface area contributed by atoms with Crippen LogP contribution in [-0.2, 0) is 17.9 Å². The minimum absolute atomic E-state index is 0.0194. The van der Waals surface area contributed by atoms with E-state index in [1.807, 2.05) is 11.4 Å². The van der Waals surface area contributed by atoms with E-state index >= 15 is 0 Å². The molecule has 7 heteroatoms. The molecule has 0 aliphatic heterocycles. The number of hydrogen-bond acceptors (Lipinski definition) is 4. The summed E-state index contributed by atoms with van der Waals surface area (Å²) in [4.78, 5) is 31.9. The Morgan fingerprint density at radius 1 is 1.35 bits per heavy atom. The topological polar surface area (TPSA) is 55.2 Å². The minimum Gasteiger partial charge on any atom is -0.335 e. The molecule has 1 aliphatic carbocycles. The van der Waals surface area contributed by atoms with Crippen molar-refractivity contribution >= 4 is 27.5 Å². The van der Waals surface area contributed by atoms with Crippen molar-refractivity contribution in [1.82, 2.24) is 14.5 Å². The molecular formula is C19H18FN3O2S. The van der Waals surface area contributed by atoms with Gasteiger partial charge in [0, 0.05) is 25.6 Å². The molecule has 0 atom stereocenters. The van der Waals surface area contributed by atoms with Gasteiger partial charge in [-0.1, -0.05) is 12.1 Å². The van der Waals surface area contributed by atoms with Crippen molar-refractivity contribution in [3.63, 3.8) is 0 Å². The fraction of sp³-hybridized carbons (Fsp3) is 0.316. The first-order chi connectivity index (χ1) is 12.6. The van der Waals surface area contributed by atoms with Gasteiger partial charge in [-0.25, -0.2) is 9.37 Å². The Morgan fingerprint density at radius 2 is 2.19 bits per heavy atom. The monoisotopic (exact) mass is 371 g/mol. The van der Waals surface area contributed by atoms with Gasteiger partial charge in [-0.2, -0.15) is 0 Å². The van der Waals surface area contributed by atoms with Crippen molar-refractivity contribution in [1.29, 1.82) is 0 Å². The zero-order valence-corrected chi connectivity index (χ0v) is 14.9. The van der Waals surface area contributed by atoms with Crippen molar-refractivity contribution in [2.75, 3.05) is 0 Å². The van der Waals surface area contributed by atoms with Crippen LogP contribution in [-0.4, -0.2) is 26.4 Å². The first-order valence-electron chi connectivity index (χ1n) is 8.58. The lowest BCUT2D eigenvalue weighted by molar-refractivity contribution is -0.132. The number of aromatic nitrogens is 2. The number of fused-ring (bicyclic) bond motifs is 1. The van der Waals surface area contributed by atoms with Crippen LogP contribution >= 0.6 is 11.3 Å². The van der Waals surface area contributed by atoms with Crippen LogP contribution in [0.15, 0.2) is 46.8 Å². The molecule has 26 heavy (non-hydrogen) atoms. The van der Waals surface area contributed by atoms with Crippen LogP contribution in [0.5, 0.6) is 0 Å². The molecule has 1 saturated carbocycles. The molecule has 0 bridgehead atoms. The number of nitrogens with zero attached hydrogens (tertiary/aromatic N) is 3. The summed E-state index contributed by atoms with van der Waals surface area (Å²) < 4.78 is 14.9. The molecule has 4 rings (SSSR count). The number of carbonyl (C=O) groups is 1. The van der Waals surface area contributed by atoms with Gasteiger partial charge in [0.25, 0.3) is 5.56 Å². The van der Waals surface area contributed by atoms with Crippen LogP contribution in [0.3, 0.4) is 0 Å². The number of carbonyl (C=O) groups excluding carboxylic acids is 1. The summed E-state index contributed by atoms with van der Waals surface area (Å²) in [5, 5.41) is 2.42. The quantitative estimate of drug-likeness (QED) is 0.669. The molecule has 1 aliphatic rings. The maximum atomic E-state index is 13.4. The number of hydrogen-bond donors (Lipinski definition) is 0. The third-order valence-corrected chi connectivity index (χ3v) is 5.39. The van der Waals surface area contributed by atoms with Crippen molar-refractivity contribution in [2.24, 2.45) is 0 Å². The van der Waals surface area contributed by atoms with Gasteiger partial charge in [0.15, 0.2) is 0 Å². The van der Waals surface area contributed by atoms with Gasteiger partial charge in [0.1, 0.15) is 10.6 Å². The molecule has 3 aromatic rings. The summed E-state index contributed by atoms with van der Waals surface area (Å²) in [6, 6.07) is 8.31. The fourth-order valence-corrected chi connectivity index (χ4v) is 3.77. The number of aryl methyl sites for hydroxylation is 1. The number of thiophene rings is 1. The van der Waals surface area contributed by atoms with E-state index in [4.69, 9.17) is 0 Å². The van der Waals surface area contributed by atoms with Crippen LogP contribution in [0.1, 0.15) is 24.8 Å². The molecule has 0 unspecified atom stereocenters. The highest BCUT2D eigenvalue weighted by Gasteiger charge is 2.32. The van der Waals surface area contributed by atoms with E-state index < -0.39 is 0 Å².